The molecule has 1 saturated heterocycles. The van der Waals surface area contributed by atoms with Gasteiger partial charge in [-0.1, -0.05) is 17.7 Å². The summed E-state index contributed by atoms with van der Waals surface area (Å²) < 4.78 is 0. The Hall–Kier alpha value is -1.34. The molecule has 6 nitrogen and oxygen atoms in total. The second kappa shape index (κ2) is 10.7. The number of carboxylic acid groups (broad SMARTS) is 1. The molecule has 1 aromatic rings. The van der Waals surface area contributed by atoms with Gasteiger partial charge in [0, 0.05) is 23.3 Å². The largest absolute Gasteiger partial charge is 0.480 e. The molecule has 1 heterocycles. The number of aliphatic carboxylic acids is 1. The van der Waals surface area contributed by atoms with E-state index in [0.717, 1.165) is 37.9 Å². The van der Waals surface area contributed by atoms with Gasteiger partial charge in [0.15, 0.2) is 0 Å². The van der Waals surface area contributed by atoms with Crippen molar-refractivity contribution in [1.29, 1.82) is 0 Å². The zero-order valence-corrected chi connectivity index (χ0v) is 16.8. The lowest BCUT2D eigenvalue weighted by atomic mass is 10.1. The van der Waals surface area contributed by atoms with E-state index in [1.807, 2.05) is 31.0 Å². The first-order valence-electron chi connectivity index (χ1n) is 8.55. The van der Waals surface area contributed by atoms with Gasteiger partial charge in [0.25, 0.3) is 0 Å². The van der Waals surface area contributed by atoms with Crippen molar-refractivity contribution in [3.05, 3.63) is 28.8 Å². The van der Waals surface area contributed by atoms with Crippen LogP contribution in [0.15, 0.2) is 18.2 Å². The van der Waals surface area contributed by atoms with Crippen LogP contribution in [0.1, 0.15) is 24.8 Å². The third kappa shape index (κ3) is 7.11. The number of hydrogen-bond donors (Lipinski definition) is 2. The predicted octanol–water partition coefficient (Wildman–Crippen LogP) is 2.88. The van der Waals surface area contributed by atoms with Gasteiger partial charge in [0.05, 0.1) is 13.1 Å². The number of nitrogens with one attached hydrogen (secondary N) is 1. The average Bonchev–Trinajstić information content (AvgIpc) is 2.76. The molecule has 26 heavy (non-hydrogen) atoms. The SMILES string of the molecule is Cc1ccc(NC(=O)CN2CCCC(N(C)CC(=O)O)CC2)cc1Cl.Cl. The van der Waals surface area contributed by atoms with Crippen molar-refractivity contribution in [2.24, 2.45) is 0 Å². The van der Waals surface area contributed by atoms with Crippen LogP contribution in [0.4, 0.5) is 5.69 Å². The lowest BCUT2D eigenvalue weighted by molar-refractivity contribution is -0.138. The molecule has 0 bridgehead atoms. The first-order valence-corrected chi connectivity index (χ1v) is 8.93. The summed E-state index contributed by atoms with van der Waals surface area (Å²) in [4.78, 5) is 27.1. The highest BCUT2D eigenvalue weighted by Gasteiger charge is 2.22. The Morgan fingerprint density at radius 1 is 1.35 bits per heavy atom. The van der Waals surface area contributed by atoms with Crippen LogP contribution in [0.2, 0.25) is 5.02 Å². The summed E-state index contributed by atoms with van der Waals surface area (Å²) in [5.41, 5.74) is 1.68. The van der Waals surface area contributed by atoms with Crippen molar-refractivity contribution >= 4 is 41.6 Å². The first-order chi connectivity index (χ1) is 11.8. The summed E-state index contributed by atoms with van der Waals surface area (Å²) >= 11 is 6.08. The lowest BCUT2D eigenvalue weighted by Crippen LogP contribution is -2.37. The van der Waals surface area contributed by atoms with Crippen molar-refractivity contribution in [1.82, 2.24) is 9.80 Å². The quantitative estimate of drug-likeness (QED) is 0.763. The van der Waals surface area contributed by atoms with E-state index >= 15 is 0 Å². The van der Waals surface area contributed by atoms with Gasteiger partial charge in [-0.25, -0.2) is 0 Å². The molecule has 146 valence electrons. The van der Waals surface area contributed by atoms with Gasteiger partial charge in [-0.05, 0) is 57.5 Å². The third-order valence-corrected chi connectivity index (χ3v) is 5.03. The highest BCUT2D eigenvalue weighted by Crippen LogP contribution is 2.20. The number of likely N-dealkylation sites (N-methyl/N-ethyl adjacent to an activating group) is 1. The normalized spacial score (nSPS) is 18.1. The maximum atomic E-state index is 12.3. The number of rotatable bonds is 6. The number of likely N-dealkylation sites (tertiary alicyclic amines) is 1. The van der Waals surface area contributed by atoms with Crippen LogP contribution < -0.4 is 5.32 Å². The van der Waals surface area contributed by atoms with Gasteiger partial charge in [0.1, 0.15) is 0 Å². The summed E-state index contributed by atoms with van der Waals surface area (Å²) in [6.45, 7) is 3.94. The van der Waals surface area contributed by atoms with Crippen molar-refractivity contribution < 1.29 is 14.7 Å². The Labute approximate surface area is 165 Å². The van der Waals surface area contributed by atoms with Crippen LogP contribution in [-0.4, -0.2) is 66.1 Å². The summed E-state index contributed by atoms with van der Waals surface area (Å²) in [6.07, 6.45) is 2.78. The summed E-state index contributed by atoms with van der Waals surface area (Å²) in [7, 11) is 1.85. The molecule has 1 aliphatic heterocycles. The fraction of sp³-hybridized carbons (Fsp3) is 0.556. The minimum absolute atomic E-state index is 0. The second-order valence-electron chi connectivity index (χ2n) is 6.68. The molecule has 1 aliphatic rings. The van der Waals surface area contributed by atoms with Crippen molar-refractivity contribution in [2.45, 2.75) is 32.2 Å². The predicted molar refractivity (Wildman–Crippen MR) is 106 cm³/mol. The van der Waals surface area contributed by atoms with Gasteiger partial charge in [-0.2, -0.15) is 0 Å². The average molecular weight is 404 g/mol. The van der Waals surface area contributed by atoms with E-state index in [4.69, 9.17) is 16.7 Å². The van der Waals surface area contributed by atoms with E-state index in [2.05, 4.69) is 10.2 Å². The Morgan fingerprint density at radius 3 is 2.73 bits per heavy atom. The smallest absolute Gasteiger partial charge is 0.317 e. The molecule has 2 rings (SSSR count). The first kappa shape index (κ1) is 22.7. The summed E-state index contributed by atoms with van der Waals surface area (Å²) in [5.74, 6) is -0.864. The van der Waals surface area contributed by atoms with Crippen molar-refractivity contribution in [2.75, 3.05) is 38.5 Å². The van der Waals surface area contributed by atoms with E-state index in [9.17, 15) is 9.59 Å². The van der Waals surface area contributed by atoms with Crippen molar-refractivity contribution in [3.8, 4) is 0 Å². The number of carbonyl (C=O) groups excluding carboxylic acids is 1. The lowest BCUT2D eigenvalue weighted by Gasteiger charge is -2.25. The molecule has 0 aromatic heterocycles. The van der Waals surface area contributed by atoms with Gasteiger partial charge in [-0.3, -0.25) is 19.4 Å². The zero-order chi connectivity index (χ0) is 18.4. The number of benzene rings is 1. The highest BCUT2D eigenvalue weighted by molar-refractivity contribution is 6.31. The molecule has 0 spiro atoms. The monoisotopic (exact) mass is 403 g/mol. The molecule has 0 saturated carbocycles. The Bertz CT molecular complexity index is 628. The second-order valence-corrected chi connectivity index (χ2v) is 7.09. The van der Waals surface area contributed by atoms with Crippen LogP contribution in [-0.2, 0) is 9.59 Å². The molecule has 2 N–H and O–H groups in total. The van der Waals surface area contributed by atoms with Crippen molar-refractivity contribution in [3.63, 3.8) is 0 Å². The van der Waals surface area contributed by atoms with Gasteiger partial charge in [-0.15, -0.1) is 12.4 Å². The fourth-order valence-electron chi connectivity index (χ4n) is 3.15. The molecule has 0 radical (unpaired) electrons. The minimum atomic E-state index is -0.806. The van der Waals surface area contributed by atoms with E-state index in [1.54, 1.807) is 6.07 Å². The fourth-order valence-corrected chi connectivity index (χ4v) is 3.33. The molecular weight excluding hydrogens is 377 g/mol. The number of aryl methyl sites for hydroxylation is 1. The van der Waals surface area contributed by atoms with E-state index < -0.39 is 5.97 Å². The maximum absolute atomic E-state index is 12.3. The molecule has 1 fully saturated rings. The van der Waals surface area contributed by atoms with E-state index in [-0.39, 0.29) is 30.9 Å². The van der Waals surface area contributed by atoms with Crippen LogP contribution in [0.3, 0.4) is 0 Å². The number of halogens is 2. The number of carboxylic acids is 1. The number of carbonyl (C=O) groups is 2. The molecular formula is C18H27Cl2N3O3. The van der Waals surface area contributed by atoms with Gasteiger partial charge in [0.2, 0.25) is 5.91 Å². The minimum Gasteiger partial charge on any atom is -0.480 e. The maximum Gasteiger partial charge on any atom is 0.317 e. The molecule has 1 atom stereocenters. The Morgan fingerprint density at radius 2 is 2.08 bits per heavy atom. The molecule has 0 aliphatic carbocycles. The number of anilines is 1. The number of nitrogens with zero attached hydrogens (tertiary/aromatic N) is 2. The number of hydrogen-bond acceptors (Lipinski definition) is 4. The standard InChI is InChI=1S/C18H26ClN3O3.ClH/c1-13-5-6-14(10-16(13)19)20-17(23)11-22-8-3-4-15(7-9-22)21(2)12-18(24)25;/h5-6,10,15H,3-4,7-9,11-12H2,1-2H3,(H,20,23)(H,24,25);1H. The van der Waals surface area contributed by atoms with Crippen LogP contribution in [0.25, 0.3) is 0 Å². The zero-order valence-electron chi connectivity index (χ0n) is 15.2. The van der Waals surface area contributed by atoms with Crippen LogP contribution >= 0.6 is 24.0 Å². The Kier molecular flexibility index (Phi) is 9.36. The molecule has 8 heteroatoms. The Balaban J connectivity index is 0.00000338. The van der Waals surface area contributed by atoms with E-state index in [1.165, 1.54) is 0 Å². The van der Waals surface area contributed by atoms with Gasteiger partial charge >= 0.3 is 5.97 Å². The van der Waals surface area contributed by atoms with Crippen LogP contribution in [0.5, 0.6) is 0 Å². The topological polar surface area (TPSA) is 72.9 Å². The summed E-state index contributed by atoms with van der Waals surface area (Å²) in [5, 5.41) is 12.4. The summed E-state index contributed by atoms with van der Waals surface area (Å²) in [6, 6.07) is 5.74. The molecule has 1 amide bonds. The third-order valence-electron chi connectivity index (χ3n) is 4.62. The molecule has 1 aromatic carbocycles. The highest BCUT2D eigenvalue weighted by atomic mass is 35.5. The molecule has 1 unspecified atom stereocenters. The van der Waals surface area contributed by atoms with Crippen LogP contribution in [0, 0.1) is 6.92 Å². The number of amides is 1. The van der Waals surface area contributed by atoms with Gasteiger partial charge < -0.3 is 10.4 Å². The van der Waals surface area contributed by atoms with E-state index in [0.29, 0.717) is 17.3 Å².